The Morgan fingerprint density at radius 2 is 1.88 bits per heavy atom. The van der Waals surface area contributed by atoms with Crippen LogP contribution in [0.25, 0.3) is 0 Å². The van der Waals surface area contributed by atoms with Gasteiger partial charge in [0.25, 0.3) is 0 Å². The molecule has 0 aromatic heterocycles. The lowest BCUT2D eigenvalue weighted by Gasteiger charge is -2.09. The summed E-state index contributed by atoms with van der Waals surface area (Å²) in [5, 5.41) is 20.8. The van der Waals surface area contributed by atoms with Gasteiger partial charge in [0.05, 0.1) is 12.5 Å². The molecule has 0 heterocycles. The second kappa shape index (κ2) is 7.04. The molecular formula is C13H19NO3. The summed E-state index contributed by atoms with van der Waals surface area (Å²) in [5.41, 5.74) is 2.42. The van der Waals surface area contributed by atoms with E-state index in [9.17, 15) is 9.90 Å². The summed E-state index contributed by atoms with van der Waals surface area (Å²) in [6.07, 6.45) is -0.0327. The van der Waals surface area contributed by atoms with Crippen molar-refractivity contribution in [2.24, 2.45) is 0 Å². The lowest BCUT2D eigenvalue weighted by atomic mass is 10.1. The Morgan fingerprint density at radius 3 is 2.41 bits per heavy atom. The molecule has 17 heavy (non-hydrogen) atoms. The van der Waals surface area contributed by atoms with Gasteiger partial charge >= 0.3 is 5.97 Å². The number of nitrogens with one attached hydrogen (secondary N) is 1. The lowest BCUT2D eigenvalue weighted by Crippen LogP contribution is -2.28. The molecule has 3 N–H and O–H groups in total. The molecule has 1 unspecified atom stereocenters. The van der Waals surface area contributed by atoms with E-state index in [1.807, 2.05) is 12.1 Å². The number of aliphatic hydroxyl groups excluding tert-OH is 1. The van der Waals surface area contributed by atoms with Gasteiger partial charge in [-0.3, -0.25) is 4.79 Å². The van der Waals surface area contributed by atoms with Crippen molar-refractivity contribution in [3.63, 3.8) is 0 Å². The van der Waals surface area contributed by atoms with Crippen LogP contribution >= 0.6 is 0 Å². The van der Waals surface area contributed by atoms with Gasteiger partial charge in [-0.1, -0.05) is 31.2 Å². The molecular weight excluding hydrogens is 218 g/mol. The fraction of sp³-hybridized carbons (Fsp3) is 0.462. The third-order valence-corrected chi connectivity index (χ3v) is 2.55. The molecule has 0 bridgehead atoms. The highest BCUT2D eigenvalue weighted by Gasteiger charge is 2.08. The first-order valence-corrected chi connectivity index (χ1v) is 5.80. The van der Waals surface area contributed by atoms with E-state index in [0.717, 1.165) is 12.0 Å². The van der Waals surface area contributed by atoms with Crippen LogP contribution in [-0.2, 0) is 17.8 Å². The van der Waals surface area contributed by atoms with E-state index in [4.69, 9.17) is 5.11 Å². The molecule has 0 fully saturated rings. The molecule has 0 amide bonds. The SMILES string of the molecule is CCc1ccc(CNCC(O)CC(=O)O)cc1. The number of aliphatic carboxylic acids is 1. The zero-order chi connectivity index (χ0) is 12.7. The predicted molar refractivity (Wildman–Crippen MR) is 65.8 cm³/mol. The number of hydrogen-bond acceptors (Lipinski definition) is 3. The molecule has 1 rings (SSSR count). The van der Waals surface area contributed by atoms with Gasteiger partial charge in [-0.25, -0.2) is 0 Å². The first-order valence-electron chi connectivity index (χ1n) is 5.80. The zero-order valence-electron chi connectivity index (χ0n) is 10.0. The quantitative estimate of drug-likeness (QED) is 0.666. The molecule has 1 aromatic carbocycles. The molecule has 0 spiro atoms. The van der Waals surface area contributed by atoms with Gasteiger partial charge in [-0.15, -0.1) is 0 Å². The summed E-state index contributed by atoms with van der Waals surface area (Å²) >= 11 is 0. The van der Waals surface area contributed by atoms with Crippen molar-refractivity contribution in [1.82, 2.24) is 5.32 Å². The highest BCUT2D eigenvalue weighted by Crippen LogP contribution is 2.04. The predicted octanol–water partition coefficient (Wildman–Crippen LogP) is 1.17. The molecule has 94 valence electrons. The number of hydrogen-bond donors (Lipinski definition) is 3. The standard InChI is InChI=1S/C13H19NO3/c1-2-10-3-5-11(6-4-10)8-14-9-12(15)7-13(16)17/h3-6,12,14-15H,2,7-9H2,1H3,(H,16,17). The van der Waals surface area contributed by atoms with Crippen molar-refractivity contribution in [3.05, 3.63) is 35.4 Å². The first-order chi connectivity index (χ1) is 8.11. The van der Waals surface area contributed by atoms with Crippen LogP contribution in [-0.4, -0.2) is 28.8 Å². The molecule has 1 aromatic rings. The average molecular weight is 237 g/mol. The molecule has 4 heteroatoms. The average Bonchev–Trinajstić information content (AvgIpc) is 2.29. The summed E-state index contributed by atoms with van der Waals surface area (Å²) in [4.78, 5) is 10.3. The van der Waals surface area contributed by atoms with Crippen LogP contribution in [0.4, 0.5) is 0 Å². The Kier molecular flexibility index (Phi) is 5.66. The van der Waals surface area contributed by atoms with Crippen LogP contribution in [0.2, 0.25) is 0 Å². The number of carboxylic acids is 1. The summed E-state index contributed by atoms with van der Waals surface area (Å²) in [5.74, 6) is -0.980. The third kappa shape index (κ3) is 5.47. The fourth-order valence-corrected chi connectivity index (χ4v) is 1.55. The number of carbonyl (C=O) groups is 1. The van der Waals surface area contributed by atoms with Crippen LogP contribution in [0.1, 0.15) is 24.5 Å². The summed E-state index contributed by atoms with van der Waals surface area (Å²) < 4.78 is 0. The minimum atomic E-state index is -0.980. The van der Waals surface area contributed by atoms with Crippen LogP contribution in [0.3, 0.4) is 0 Å². The van der Waals surface area contributed by atoms with Gasteiger partial charge in [0.1, 0.15) is 0 Å². The van der Waals surface area contributed by atoms with Gasteiger partial charge in [0, 0.05) is 13.1 Å². The highest BCUT2D eigenvalue weighted by molar-refractivity contribution is 5.67. The van der Waals surface area contributed by atoms with Crippen molar-refractivity contribution in [1.29, 1.82) is 0 Å². The molecule has 0 aliphatic rings. The largest absolute Gasteiger partial charge is 0.481 e. The first kappa shape index (κ1) is 13.7. The summed E-state index contributed by atoms with van der Waals surface area (Å²) in [6.45, 7) is 3.04. The molecule has 1 atom stereocenters. The van der Waals surface area contributed by atoms with Crippen LogP contribution in [0.15, 0.2) is 24.3 Å². The van der Waals surface area contributed by atoms with E-state index in [1.54, 1.807) is 0 Å². The van der Waals surface area contributed by atoms with Crippen molar-refractivity contribution in [3.8, 4) is 0 Å². The number of aliphatic hydroxyl groups is 1. The monoisotopic (exact) mass is 237 g/mol. The van der Waals surface area contributed by atoms with Crippen molar-refractivity contribution < 1.29 is 15.0 Å². The summed E-state index contributed by atoms with van der Waals surface area (Å²) in [7, 11) is 0. The van der Waals surface area contributed by atoms with Gasteiger partial charge in [0.15, 0.2) is 0 Å². The molecule has 0 aliphatic heterocycles. The fourth-order valence-electron chi connectivity index (χ4n) is 1.55. The Hall–Kier alpha value is -1.39. The van der Waals surface area contributed by atoms with E-state index in [-0.39, 0.29) is 6.42 Å². The maximum Gasteiger partial charge on any atom is 0.306 e. The van der Waals surface area contributed by atoms with Gasteiger partial charge in [0.2, 0.25) is 0 Å². The maximum atomic E-state index is 10.3. The maximum absolute atomic E-state index is 10.3. The lowest BCUT2D eigenvalue weighted by molar-refractivity contribution is -0.139. The molecule has 0 saturated carbocycles. The molecule has 0 radical (unpaired) electrons. The number of carboxylic acid groups (broad SMARTS) is 1. The topological polar surface area (TPSA) is 69.6 Å². The Labute approximate surface area is 101 Å². The summed E-state index contributed by atoms with van der Waals surface area (Å²) in [6, 6.07) is 8.22. The molecule has 4 nitrogen and oxygen atoms in total. The van der Waals surface area contributed by atoms with E-state index in [2.05, 4.69) is 24.4 Å². The normalized spacial score (nSPS) is 12.4. The number of rotatable bonds is 7. The number of benzene rings is 1. The van der Waals surface area contributed by atoms with Crippen LogP contribution in [0, 0.1) is 0 Å². The number of aryl methyl sites for hydroxylation is 1. The van der Waals surface area contributed by atoms with Crippen molar-refractivity contribution >= 4 is 5.97 Å². The second-order valence-corrected chi connectivity index (χ2v) is 4.05. The van der Waals surface area contributed by atoms with Crippen LogP contribution in [0.5, 0.6) is 0 Å². The van der Waals surface area contributed by atoms with E-state index >= 15 is 0 Å². The minimum Gasteiger partial charge on any atom is -0.481 e. The zero-order valence-corrected chi connectivity index (χ0v) is 10.0. The second-order valence-electron chi connectivity index (χ2n) is 4.05. The Bertz CT molecular complexity index is 348. The van der Waals surface area contributed by atoms with E-state index in [1.165, 1.54) is 5.56 Å². The minimum absolute atomic E-state index is 0.220. The van der Waals surface area contributed by atoms with Crippen molar-refractivity contribution in [2.45, 2.75) is 32.4 Å². The Morgan fingerprint density at radius 1 is 1.29 bits per heavy atom. The van der Waals surface area contributed by atoms with Gasteiger partial charge in [-0.05, 0) is 17.5 Å². The highest BCUT2D eigenvalue weighted by atomic mass is 16.4. The van der Waals surface area contributed by atoms with E-state index < -0.39 is 12.1 Å². The van der Waals surface area contributed by atoms with Gasteiger partial charge < -0.3 is 15.5 Å². The Balaban J connectivity index is 2.28. The van der Waals surface area contributed by atoms with E-state index in [0.29, 0.717) is 13.1 Å². The molecule has 0 aliphatic carbocycles. The molecule has 0 saturated heterocycles. The van der Waals surface area contributed by atoms with Gasteiger partial charge in [-0.2, -0.15) is 0 Å². The smallest absolute Gasteiger partial charge is 0.306 e. The third-order valence-electron chi connectivity index (χ3n) is 2.55. The van der Waals surface area contributed by atoms with Crippen LogP contribution < -0.4 is 5.32 Å². The van der Waals surface area contributed by atoms with Crippen molar-refractivity contribution in [2.75, 3.05) is 6.54 Å².